The van der Waals surface area contributed by atoms with Gasteiger partial charge in [-0.25, -0.2) is 5.84 Å². The van der Waals surface area contributed by atoms with Crippen LogP contribution in [0.5, 0.6) is 0 Å². The summed E-state index contributed by atoms with van der Waals surface area (Å²) in [6, 6.07) is 0.969. The predicted molar refractivity (Wildman–Crippen MR) is 81.1 cm³/mol. The second-order valence-corrected chi connectivity index (χ2v) is 6.46. The van der Waals surface area contributed by atoms with Crippen LogP contribution in [0.2, 0.25) is 0 Å². The summed E-state index contributed by atoms with van der Waals surface area (Å²) in [4.78, 5) is 28.2. The van der Waals surface area contributed by atoms with Gasteiger partial charge >= 0.3 is 0 Å². The molecule has 2 atom stereocenters. The summed E-state index contributed by atoms with van der Waals surface area (Å²) < 4.78 is 0. The zero-order chi connectivity index (χ0) is 15.4. The van der Waals surface area contributed by atoms with Crippen molar-refractivity contribution in [2.45, 2.75) is 58.0 Å². The van der Waals surface area contributed by atoms with Crippen molar-refractivity contribution in [2.75, 3.05) is 19.6 Å². The molecule has 0 aliphatic carbocycles. The third kappa shape index (κ3) is 3.95. The highest BCUT2D eigenvalue weighted by Gasteiger charge is 2.31. The van der Waals surface area contributed by atoms with Crippen molar-refractivity contribution in [3.05, 3.63) is 0 Å². The van der Waals surface area contributed by atoms with E-state index in [1.54, 1.807) is 0 Å². The average molecular weight is 296 g/mol. The number of carbonyl (C=O) groups excluding carboxylic acids is 2. The summed E-state index contributed by atoms with van der Waals surface area (Å²) in [5.74, 6) is 5.20. The number of carbonyl (C=O) groups is 2. The van der Waals surface area contributed by atoms with Gasteiger partial charge in [-0.1, -0.05) is 6.42 Å². The number of likely N-dealkylation sites (tertiary alicyclic amines) is 2. The number of nitrogens with two attached hydrogens (primary N) is 1. The minimum Gasteiger partial charge on any atom is -0.342 e. The maximum absolute atomic E-state index is 12.5. The Morgan fingerprint density at radius 3 is 2.19 bits per heavy atom. The second-order valence-electron chi connectivity index (χ2n) is 6.46. The maximum atomic E-state index is 12.5. The molecule has 0 spiro atoms. The molecule has 2 amide bonds. The lowest BCUT2D eigenvalue weighted by atomic mass is 9.95. The van der Waals surface area contributed by atoms with Crippen molar-refractivity contribution in [3.8, 4) is 0 Å². The zero-order valence-corrected chi connectivity index (χ0v) is 13.2. The molecule has 0 saturated carbocycles. The molecule has 21 heavy (non-hydrogen) atoms. The Morgan fingerprint density at radius 2 is 1.67 bits per heavy atom. The summed E-state index contributed by atoms with van der Waals surface area (Å²) in [6.07, 6.45) is 5.03. The van der Waals surface area contributed by atoms with Crippen LogP contribution in [0, 0.1) is 5.92 Å². The lowest BCUT2D eigenvalue weighted by Gasteiger charge is -2.40. The molecular formula is C15H28N4O2. The Bertz CT molecular complexity index is 370. The number of hydrogen-bond donors (Lipinski definition) is 2. The van der Waals surface area contributed by atoms with Crippen LogP contribution in [-0.4, -0.2) is 53.3 Å². The van der Waals surface area contributed by atoms with Gasteiger partial charge in [0, 0.05) is 31.1 Å². The SMILES string of the molecule is C[C@@H]1CCC[C@H](C)N1CC(=O)N1CCC(C(=O)NN)CC1. The number of amides is 2. The van der Waals surface area contributed by atoms with E-state index in [0.29, 0.717) is 44.6 Å². The minimum absolute atomic E-state index is 0.0492. The molecule has 2 aliphatic heterocycles. The number of nitrogens with one attached hydrogen (secondary N) is 1. The first kappa shape index (κ1) is 16.2. The fraction of sp³-hybridized carbons (Fsp3) is 0.867. The average Bonchev–Trinajstić information content (AvgIpc) is 2.50. The topological polar surface area (TPSA) is 78.7 Å². The molecule has 0 aromatic heterocycles. The highest BCUT2D eigenvalue weighted by molar-refractivity contribution is 5.80. The first-order valence-electron chi connectivity index (χ1n) is 8.07. The van der Waals surface area contributed by atoms with Crippen LogP contribution in [0.15, 0.2) is 0 Å². The Hall–Kier alpha value is -1.14. The van der Waals surface area contributed by atoms with Gasteiger partial charge in [0.15, 0.2) is 0 Å². The van der Waals surface area contributed by atoms with Crippen molar-refractivity contribution < 1.29 is 9.59 Å². The number of rotatable bonds is 3. The monoisotopic (exact) mass is 296 g/mol. The van der Waals surface area contributed by atoms with Crippen molar-refractivity contribution in [1.82, 2.24) is 15.2 Å². The molecular weight excluding hydrogens is 268 g/mol. The van der Waals surface area contributed by atoms with Gasteiger partial charge in [-0.05, 0) is 39.5 Å². The third-order valence-electron chi connectivity index (χ3n) is 5.05. The Morgan fingerprint density at radius 1 is 1.10 bits per heavy atom. The van der Waals surface area contributed by atoms with Gasteiger partial charge in [0.05, 0.1) is 6.54 Å². The molecule has 6 nitrogen and oxygen atoms in total. The number of piperidine rings is 2. The fourth-order valence-corrected chi connectivity index (χ4v) is 3.55. The van der Waals surface area contributed by atoms with Crippen LogP contribution in [0.25, 0.3) is 0 Å². The molecule has 2 heterocycles. The van der Waals surface area contributed by atoms with Crippen LogP contribution in [0.3, 0.4) is 0 Å². The highest BCUT2D eigenvalue weighted by atomic mass is 16.2. The Balaban J connectivity index is 1.83. The van der Waals surface area contributed by atoms with Crippen LogP contribution in [-0.2, 0) is 9.59 Å². The van der Waals surface area contributed by atoms with Gasteiger partial charge < -0.3 is 4.90 Å². The summed E-state index contributed by atoms with van der Waals surface area (Å²) in [5.41, 5.74) is 2.21. The predicted octanol–water partition coefficient (Wildman–Crippen LogP) is 0.478. The Labute approximate surface area is 127 Å². The molecule has 0 unspecified atom stereocenters. The quantitative estimate of drug-likeness (QED) is 0.451. The van der Waals surface area contributed by atoms with Gasteiger partial charge in [0.25, 0.3) is 0 Å². The summed E-state index contributed by atoms with van der Waals surface area (Å²) >= 11 is 0. The molecule has 120 valence electrons. The normalized spacial score (nSPS) is 28.4. The maximum Gasteiger partial charge on any atom is 0.237 e. The molecule has 0 aromatic rings. The molecule has 2 aliphatic rings. The van der Waals surface area contributed by atoms with Crippen molar-refractivity contribution in [2.24, 2.45) is 11.8 Å². The second kappa shape index (κ2) is 7.22. The first-order chi connectivity index (χ1) is 10.0. The van der Waals surface area contributed by atoms with Crippen LogP contribution < -0.4 is 11.3 Å². The van der Waals surface area contributed by atoms with E-state index in [-0.39, 0.29) is 17.7 Å². The summed E-state index contributed by atoms with van der Waals surface area (Å²) in [7, 11) is 0. The van der Waals surface area contributed by atoms with Crippen LogP contribution >= 0.6 is 0 Å². The zero-order valence-electron chi connectivity index (χ0n) is 13.2. The van der Waals surface area contributed by atoms with Gasteiger partial charge in [0.2, 0.25) is 11.8 Å². The summed E-state index contributed by atoms with van der Waals surface area (Å²) in [6.45, 7) is 6.25. The first-order valence-corrected chi connectivity index (χ1v) is 8.07. The fourth-order valence-electron chi connectivity index (χ4n) is 3.55. The van der Waals surface area contributed by atoms with E-state index in [9.17, 15) is 9.59 Å². The van der Waals surface area contributed by atoms with E-state index in [0.717, 1.165) is 0 Å². The largest absolute Gasteiger partial charge is 0.342 e. The lowest BCUT2D eigenvalue weighted by molar-refractivity contribution is -0.137. The van der Waals surface area contributed by atoms with Gasteiger partial charge in [0.1, 0.15) is 0 Å². The molecule has 0 bridgehead atoms. The molecule has 6 heteroatoms. The highest BCUT2D eigenvalue weighted by Crippen LogP contribution is 2.23. The minimum atomic E-state index is -0.111. The van der Waals surface area contributed by atoms with Crippen molar-refractivity contribution in [1.29, 1.82) is 0 Å². The smallest absolute Gasteiger partial charge is 0.237 e. The van der Waals surface area contributed by atoms with E-state index in [4.69, 9.17) is 5.84 Å². The lowest BCUT2D eigenvalue weighted by Crippen LogP contribution is -2.51. The van der Waals surface area contributed by atoms with E-state index in [1.807, 2.05) is 4.90 Å². The standard InChI is InChI=1S/C15H28N4O2/c1-11-4-3-5-12(2)19(11)10-14(20)18-8-6-13(7-9-18)15(21)17-16/h11-13H,3-10,16H2,1-2H3,(H,17,21)/t11-,12+. The molecule has 2 saturated heterocycles. The number of hydrazine groups is 1. The van der Waals surface area contributed by atoms with Crippen LogP contribution in [0.1, 0.15) is 46.0 Å². The molecule has 2 rings (SSSR count). The third-order valence-corrected chi connectivity index (χ3v) is 5.05. The Kier molecular flexibility index (Phi) is 5.58. The van der Waals surface area contributed by atoms with Crippen molar-refractivity contribution in [3.63, 3.8) is 0 Å². The van der Waals surface area contributed by atoms with E-state index in [1.165, 1.54) is 19.3 Å². The van der Waals surface area contributed by atoms with Gasteiger partial charge in [-0.15, -0.1) is 0 Å². The van der Waals surface area contributed by atoms with Gasteiger partial charge in [-0.2, -0.15) is 0 Å². The molecule has 0 aromatic carbocycles. The van der Waals surface area contributed by atoms with Gasteiger partial charge in [-0.3, -0.25) is 19.9 Å². The summed E-state index contributed by atoms with van der Waals surface area (Å²) in [5, 5.41) is 0. The van der Waals surface area contributed by atoms with E-state index >= 15 is 0 Å². The van der Waals surface area contributed by atoms with Crippen molar-refractivity contribution >= 4 is 11.8 Å². The van der Waals surface area contributed by atoms with E-state index < -0.39 is 0 Å². The van der Waals surface area contributed by atoms with E-state index in [2.05, 4.69) is 24.2 Å². The molecule has 0 radical (unpaired) electrons. The molecule has 2 fully saturated rings. The van der Waals surface area contributed by atoms with Crippen LogP contribution in [0.4, 0.5) is 0 Å². The number of nitrogens with zero attached hydrogens (tertiary/aromatic N) is 2. The molecule has 3 N–H and O–H groups in total. The number of hydrogen-bond acceptors (Lipinski definition) is 4.